The number of aryl methyl sites for hydroxylation is 1. The number of pyridine rings is 1. The summed E-state index contributed by atoms with van der Waals surface area (Å²) >= 11 is 6.92. The molecule has 2 aromatic rings. The van der Waals surface area contributed by atoms with E-state index in [1.54, 1.807) is 11.3 Å². The summed E-state index contributed by atoms with van der Waals surface area (Å²) in [6.07, 6.45) is 5.27. The van der Waals surface area contributed by atoms with Gasteiger partial charge in [0.1, 0.15) is 18.4 Å². The largest absolute Gasteiger partial charge is 0.615 e. The second-order valence-electron chi connectivity index (χ2n) is 6.64. The van der Waals surface area contributed by atoms with Crippen LogP contribution in [0.2, 0.25) is 5.02 Å². The highest BCUT2D eigenvalue weighted by molar-refractivity contribution is 7.93. The molecule has 5 nitrogen and oxygen atoms in total. The molecular weight excluding hydrogens is 390 g/mol. The van der Waals surface area contributed by atoms with Crippen LogP contribution in [0.1, 0.15) is 29.8 Å². The number of aromatic nitrogens is 1. The lowest BCUT2D eigenvalue weighted by atomic mass is 10.1. The van der Waals surface area contributed by atoms with Crippen molar-refractivity contribution in [1.82, 2.24) is 10.3 Å². The van der Waals surface area contributed by atoms with Crippen LogP contribution >= 0.6 is 22.9 Å². The highest BCUT2D eigenvalue weighted by Gasteiger charge is 2.54. The Morgan fingerprint density at radius 2 is 2.35 bits per heavy atom. The van der Waals surface area contributed by atoms with E-state index in [0.717, 1.165) is 21.7 Å². The SMILES string of the molecule is CCc1cncc(-c2cc(Cl)c(C3C[S+]([O-])C4(CCOC4)C(=N)N3)s2)c1. The summed E-state index contributed by atoms with van der Waals surface area (Å²) in [6, 6.07) is 3.86. The van der Waals surface area contributed by atoms with Gasteiger partial charge in [-0.3, -0.25) is 10.4 Å². The van der Waals surface area contributed by atoms with Crippen molar-refractivity contribution in [2.45, 2.75) is 30.6 Å². The predicted molar refractivity (Wildman–Crippen MR) is 107 cm³/mol. The fourth-order valence-corrected chi connectivity index (χ4v) is 6.71. The number of rotatable bonds is 3. The number of hydrogen-bond donors (Lipinski definition) is 2. The van der Waals surface area contributed by atoms with Gasteiger partial charge in [-0.1, -0.05) is 18.5 Å². The monoisotopic (exact) mass is 409 g/mol. The van der Waals surface area contributed by atoms with E-state index in [2.05, 4.69) is 23.3 Å². The van der Waals surface area contributed by atoms with Crippen LogP contribution in [0.15, 0.2) is 24.5 Å². The van der Waals surface area contributed by atoms with Crippen molar-refractivity contribution in [3.63, 3.8) is 0 Å². The van der Waals surface area contributed by atoms with Gasteiger partial charge in [-0.2, -0.15) is 0 Å². The average Bonchev–Trinajstić information content (AvgIpc) is 3.28. The molecule has 0 bridgehead atoms. The van der Waals surface area contributed by atoms with E-state index in [1.165, 1.54) is 5.56 Å². The van der Waals surface area contributed by atoms with Crippen molar-refractivity contribution in [2.24, 2.45) is 0 Å². The van der Waals surface area contributed by atoms with Crippen LogP contribution < -0.4 is 5.32 Å². The minimum atomic E-state index is -1.16. The Balaban J connectivity index is 1.61. The van der Waals surface area contributed by atoms with Gasteiger partial charge in [0.15, 0.2) is 5.84 Å². The first kappa shape index (κ1) is 18.3. The van der Waals surface area contributed by atoms with Crippen LogP contribution in [0.3, 0.4) is 0 Å². The van der Waals surface area contributed by atoms with E-state index >= 15 is 0 Å². The molecule has 138 valence electrons. The Morgan fingerprint density at radius 1 is 1.50 bits per heavy atom. The molecule has 4 rings (SSSR count). The number of ether oxygens (including phenoxy) is 1. The molecule has 0 saturated carbocycles. The van der Waals surface area contributed by atoms with E-state index in [4.69, 9.17) is 21.7 Å². The second-order valence-corrected chi connectivity index (χ2v) is 9.94. The molecule has 0 aliphatic carbocycles. The summed E-state index contributed by atoms with van der Waals surface area (Å²) in [5.41, 5.74) is 2.21. The summed E-state index contributed by atoms with van der Waals surface area (Å²) in [5, 5.41) is 12.3. The molecule has 2 aliphatic heterocycles. The van der Waals surface area contributed by atoms with Crippen LogP contribution in [0, 0.1) is 5.41 Å². The second kappa shape index (κ2) is 7.13. The summed E-state index contributed by atoms with van der Waals surface area (Å²) < 4.78 is 17.6. The van der Waals surface area contributed by atoms with Gasteiger partial charge < -0.3 is 14.6 Å². The quantitative estimate of drug-likeness (QED) is 0.759. The summed E-state index contributed by atoms with van der Waals surface area (Å²) in [7, 11) is 0. The van der Waals surface area contributed by atoms with E-state index in [0.29, 0.717) is 36.2 Å². The third kappa shape index (κ3) is 3.05. The molecule has 3 unspecified atom stereocenters. The maximum Gasteiger partial charge on any atom is 0.206 e. The Bertz CT molecular complexity index is 836. The molecule has 2 aromatic heterocycles. The number of thiophene rings is 1. The molecule has 1 spiro atoms. The summed E-state index contributed by atoms with van der Waals surface area (Å²) in [6.45, 7) is 3.02. The molecule has 8 heteroatoms. The molecular formula is C18H20ClN3O2S2. The van der Waals surface area contributed by atoms with Crippen LogP contribution in [0.4, 0.5) is 0 Å². The highest BCUT2D eigenvalue weighted by atomic mass is 35.5. The van der Waals surface area contributed by atoms with Crippen molar-refractivity contribution in [3.05, 3.63) is 40.0 Å². The van der Waals surface area contributed by atoms with Crippen LogP contribution in [-0.2, 0) is 22.3 Å². The minimum Gasteiger partial charge on any atom is -0.615 e. The Labute approximate surface area is 164 Å². The van der Waals surface area contributed by atoms with Crippen molar-refractivity contribution in [2.75, 3.05) is 19.0 Å². The van der Waals surface area contributed by atoms with Gasteiger partial charge in [0.2, 0.25) is 4.75 Å². The molecule has 2 aliphatic rings. The first-order chi connectivity index (χ1) is 12.5. The Kier molecular flexibility index (Phi) is 5.00. The lowest BCUT2D eigenvalue weighted by molar-refractivity contribution is 0.194. The normalized spacial score (nSPS) is 28.5. The fraction of sp³-hybridized carbons (Fsp3) is 0.444. The maximum absolute atomic E-state index is 12.9. The standard InChI is InChI=1S/C18H20ClN3O2S2/c1-2-11-5-12(8-21-7-11)15-6-13(19)16(25-15)14-9-26(23)18(17(20)22-14)3-4-24-10-18/h5-8,14H,2-4,9-10H2,1H3,(H2,20,22). The number of nitrogens with one attached hydrogen (secondary N) is 2. The summed E-state index contributed by atoms with van der Waals surface area (Å²) in [4.78, 5) is 6.27. The number of nitrogens with zero attached hydrogens (tertiary/aromatic N) is 1. The zero-order valence-electron chi connectivity index (χ0n) is 14.4. The number of halogens is 1. The van der Waals surface area contributed by atoms with Gasteiger partial charge in [0.05, 0.1) is 16.5 Å². The average molecular weight is 410 g/mol. The van der Waals surface area contributed by atoms with Crippen molar-refractivity contribution < 1.29 is 9.29 Å². The number of amidine groups is 1. The lowest BCUT2D eigenvalue weighted by Crippen LogP contribution is -2.60. The minimum absolute atomic E-state index is 0.205. The third-order valence-corrected chi connectivity index (χ3v) is 8.79. The van der Waals surface area contributed by atoms with Crippen molar-refractivity contribution in [1.29, 1.82) is 5.41 Å². The van der Waals surface area contributed by atoms with E-state index in [1.807, 2.05) is 18.5 Å². The van der Waals surface area contributed by atoms with Crippen molar-refractivity contribution in [3.8, 4) is 10.4 Å². The van der Waals surface area contributed by atoms with Crippen LogP contribution in [0.25, 0.3) is 10.4 Å². The third-order valence-electron chi connectivity index (χ3n) is 5.03. The Morgan fingerprint density at radius 3 is 3.04 bits per heavy atom. The molecule has 26 heavy (non-hydrogen) atoms. The molecule has 2 fully saturated rings. The van der Waals surface area contributed by atoms with Gasteiger partial charge >= 0.3 is 0 Å². The molecule has 2 N–H and O–H groups in total. The van der Waals surface area contributed by atoms with Gasteiger partial charge in [0.25, 0.3) is 0 Å². The maximum atomic E-state index is 12.9. The lowest BCUT2D eigenvalue weighted by Gasteiger charge is -2.39. The zero-order chi connectivity index (χ0) is 18.3. The first-order valence-corrected chi connectivity index (χ1v) is 11.1. The highest BCUT2D eigenvalue weighted by Crippen LogP contribution is 2.42. The molecule has 2 saturated heterocycles. The van der Waals surface area contributed by atoms with E-state index < -0.39 is 15.9 Å². The predicted octanol–water partition coefficient (Wildman–Crippen LogP) is 3.56. The molecule has 0 radical (unpaired) electrons. The molecule has 4 heterocycles. The van der Waals surface area contributed by atoms with Crippen molar-refractivity contribution >= 4 is 39.9 Å². The van der Waals surface area contributed by atoms with E-state index in [-0.39, 0.29) is 6.04 Å². The molecule has 0 aromatic carbocycles. The van der Waals surface area contributed by atoms with Crippen LogP contribution in [0.5, 0.6) is 0 Å². The topological polar surface area (TPSA) is 81.1 Å². The molecule has 0 amide bonds. The van der Waals surface area contributed by atoms with Gasteiger partial charge in [-0.15, -0.1) is 11.3 Å². The first-order valence-electron chi connectivity index (χ1n) is 8.59. The summed E-state index contributed by atoms with van der Waals surface area (Å²) in [5.74, 6) is 0.754. The van der Waals surface area contributed by atoms with Gasteiger partial charge in [-0.25, -0.2) is 0 Å². The van der Waals surface area contributed by atoms with Gasteiger partial charge in [-0.05, 0) is 35.3 Å². The fourth-order valence-electron chi connectivity index (χ4n) is 3.41. The Hall–Kier alpha value is -1.12. The smallest absolute Gasteiger partial charge is 0.206 e. The van der Waals surface area contributed by atoms with Gasteiger partial charge in [0, 0.05) is 29.3 Å². The van der Waals surface area contributed by atoms with E-state index in [9.17, 15) is 4.55 Å². The molecule has 3 atom stereocenters. The number of hydrogen-bond acceptors (Lipinski definition) is 5. The van der Waals surface area contributed by atoms with Crippen LogP contribution in [-0.4, -0.2) is 39.1 Å². The zero-order valence-corrected chi connectivity index (χ0v) is 16.8.